The van der Waals surface area contributed by atoms with E-state index in [0.29, 0.717) is 5.41 Å². The first-order chi connectivity index (χ1) is 9.35. The topological polar surface area (TPSA) is 47.7 Å². The van der Waals surface area contributed by atoms with E-state index in [1.807, 2.05) is 0 Å². The van der Waals surface area contributed by atoms with Crippen LogP contribution in [0.1, 0.15) is 40.0 Å². The summed E-state index contributed by atoms with van der Waals surface area (Å²) in [5.74, 6) is 0.727. The number of ether oxygens (including phenoxy) is 2. The van der Waals surface area contributed by atoms with Crippen LogP contribution in [0, 0.1) is 11.3 Å². The molecule has 4 atom stereocenters. The molecule has 2 aliphatic rings. The first-order valence-electron chi connectivity index (χ1n) is 7.86. The maximum atomic E-state index is 6.25. The summed E-state index contributed by atoms with van der Waals surface area (Å²) in [6.07, 6.45) is 4.00. The molecule has 0 spiro atoms. The van der Waals surface area contributed by atoms with Gasteiger partial charge in [-0.2, -0.15) is 0 Å². The summed E-state index contributed by atoms with van der Waals surface area (Å²) in [7, 11) is 3.56. The zero-order valence-corrected chi connectivity index (χ0v) is 13.8. The minimum Gasteiger partial charge on any atom is -0.377 e. The third-order valence-electron chi connectivity index (χ3n) is 5.31. The molecule has 1 aliphatic heterocycles. The average molecular weight is 284 g/mol. The fourth-order valence-corrected chi connectivity index (χ4v) is 4.81. The Morgan fingerprint density at radius 1 is 1.10 bits per heavy atom. The smallest absolute Gasteiger partial charge is 0.0972 e. The Morgan fingerprint density at radius 2 is 1.65 bits per heavy atom. The summed E-state index contributed by atoms with van der Waals surface area (Å²) in [5.41, 5.74) is 6.73. The second-order valence-corrected chi connectivity index (χ2v) is 7.74. The number of methoxy groups -OCH3 is 2. The van der Waals surface area contributed by atoms with E-state index >= 15 is 0 Å². The second kappa shape index (κ2) is 5.91. The molecule has 0 aromatic rings. The van der Waals surface area contributed by atoms with Gasteiger partial charge in [-0.05, 0) is 30.6 Å². The van der Waals surface area contributed by atoms with Crippen LogP contribution in [-0.2, 0) is 9.47 Å². The first-order valence-corrected chi connectivity index (χ1v) is 7.86. The number of nitrogens with two attached hydrogens (primary N) is 1. The van der Waals surface area contributed by atoms with Gasteiger partial charge in [0.15, 0.2) is 0 Å². The highest BCUT2D eigenvalue weighted by Crippen LogP contribution is 2.47. The Kier molecular flexibility index (Phi) is 4.80. The highest BCUT2D eigenvalue weighted by molar-refractivity contribution is 5.05. The molecule has 0 aromatic heterocycles. The van der Waals surface area contributed by atoms with Crippen LogP contribution in [0.4, 0.5) is 0 Å². The summed E-state index contributed by atoms with van der Waals surface area (Å²) < 4.78 is 11.2. The molecule has 1 aliphatic carbocycles. The van der Waals surface area contributed by atoms with Crippen LogP contribution in [0.25, 0.3) is 0 Å². The molecule has 118 valence electrons. The van der Waals surface area contributed by atoms with Gasteiger partial charge >= 0.3 is 0 Å². The molecular formula is C16H32N2O2. The molecule has 0 amide bonds. The molecule has 4 nitrogen and oxygen atoms in total. The van der Waals surface area contributed by atoms with E-state index in [-0.39, 0.29) is 17.7 Å². The fraction of sp³-hybridized carbons (Fsp3) is 1.00. The summed E-state index contributed by atoms with van der Waals surface area (Å²) in [6, 6.07) is 0. The summed E-state index contributed by atoms with van der Waals surface area (Å²) in [4.78, 5) is 2.55. The number of hydrogen-bond donors (Lipinski definition) is 1. The molecule has 0 aromatic carbocycles. The van der Waals surface area contributed by atoms with Crippen molar-refractivity contribution in [2.45, 2.75) is 57.8 Å². The van der Waals surface area contributed by atoms with Gasteiger partial charge in [0.25, 0.3) is 0 Å². The van der Waals surface area contributed by atoms with Gasteiger partial charge in [-0.3, -0.25) is 4.90 Å². The highest BCUT2D eigenvalue weighted by atomic mass is 16.5. The molecule has 0 bridgehead atoms. The highest BCUT2D eigenvalue weighted by Gasteiger charge is 2.49. The molecule has 1 heterocycles. The third kappa shape index (κ3) is 3.03. The standard InChI is InChI=1S/C16H32N2O2/c1-12-6-15(2,3)10-16(7-12,11-17)18-8-13(19-4)14(9-18)20-5/h12-14H,6-11,17H2,1-5H3. The molecule has 20 heavy (non-hydrogen) atoms. The van der Waals surface area contributed by atoms with Gasteiger partial charge in [0, 0.05) is 39.4 Å². The van der Waals surface area contributed by atoms with Crippen molar-refractivity contribution >= 4 is 0 Å². The van der Waals surface area contributed by atoms with Gasteiger partial charge in [0.1, 0.15) is 0 Å². The van der Waals surface area contributed by atoms with Gasteiger partial charge in [-0.1, -0.05) is 20.8 Å². The monoisotopic (exact) mass is 284 g/mol. The van der Waals surface area contributed by atoms with Crippen molar-refractivity contribution in [1.82, 2.24) is 4.90 Å². The lowest BCUT2D eigenvalue weighted by Crippen LogP contribution is -2.58. The number of rotatable bonds is 4. The van der Waals surface area contributed by atoms with E-state index in [2.05, 4.69) is 25.7 Å². The summed E-state index contributed by atoms with van der Waals surface area (Å²) in [6.45, 7) is 9.73. The van der Waals surface area contributed by atoms with Gasteiger partial charge in [0.05, 0.1) is 12.2 Å². The minimum absolute atomic E-state index is 0.116. The Hall–Kier alpha value is -0.160. The van der Waals surface area contributed by atoms with E-state index in [1.54, 1.807) is 14.2 Å². The van der Waals surface area contributed by atoms with E-state index in [0.717, 1.165) is 25.6 Å². The predicted molar refractivity (Wildman–Crippen MR) is 81.7 cm³/mol. The third-order valence-corrected chi connectivity index (χ3v) is 5.31. The second-order valence-electron chi connectivity index (χ2n) is 7.74. The van der Waals surface area contributed by atoms with Crippen molar-refractivity contribution in [3.8, 4) is 0 Å². The molecule has 2 N–H and O–H groups in total. The van der Waals surface area contributed by atoms with Crippen molar-refractivity contribution in [1.29, 1.82) is 0 Å². The van der Waals surface area contributed by atoms with Crippen molar-refractivity contribution in [3.63, 3.8) is 0 Å². The summed E-state index contributed by atoms with van der Waals surface area (Å²) >= 11 is 0. The van der Waals surface area contributed by atoms with Gasteiger partial charge < -0.3 is 15.2 Å². The largest absolute Gasteiger partial charge is 0.377 e. The number of likely N-dealkylation sites (tertiary alicyclic amines) is 1. The maximum absolute atomic E-state index is 6.25. The quantitative estimate of drug-likeness (QED) is 0.856. The predicted octanol–water partition coefficient (Wildman–Crippen LogP) is 1.88. The Labute approximate surface area is 124 Å². The lowest BCUT2D eigenvalue weighted by atomic mass is 9.63. The van der Waals surface area contributed by atoms with Crippen molar-refractivity contribution < 1.29 is 9.47 Å². The lowest BCUT2D eigenvalue weighted by molar-refractivity contribution is -0.00787. The average Bonchev–Trinajstić information content (AvgIpc) is 2.79. The van der Waals surface area contributed by atoms with Crippen molar-refractivity contribution in [2.24, 2.45) is 17.1 Å². The Morgan fingerprint density at radius 3 is 2.05 bits per heavy atom. The number of nitrogens with zero attached hydrogens (tertiary/aromatic N) is 1. The van der Waals surface area contributed by atoms with E-state index in [9.17, 15) is 0 Å². The van der Waals surface area contributed by atoms with E-state index in [4.69, 9.17) is 15.2 Å². The van der Waals surface area contributed by atoms with E-state index < -0.39 is 0 Å². The van der Waals surface area contributed by atoms with Crippen molar-refractivity contribution in [2.75, 3.05) is 33.9 Å². The zero-order chi connectivity index (χ0) is 15.0. The van der Waals surface area contributed by atoms with Crippen LogP contribution in [0.3, 0.4) is 0 Å². The van der Waals surface area contributed by atoms with Crippen LogP contribution in [-0.4, -0.2) is 56.5 Å². The SMILES string of the molecule is COC1CN(C2(CN)CC(C)CC(C)(C)C2)CC1OC. The van der Waals surface area contributed by atoms with Gasteiger partial charge in [0.2, 0.25) is 0 Å². The Balaban J connectivity index is 2.19. The van der Waals surface area contributed by atoms with Crippen LogP contribution in [0.5, 0.6) is 0 Å². The number of hydrogen-bond acceptors (Lipinski definition) is 4. The Bertz CT molecular complexity index is 322. The normalized spacial score (nSPS) is 42.0. The van der Waals surface area contributed by atoms with Gasteiger partial charge in [-0.15, -0.1) is 0 Å². The van der Waals surface area contributed by atoms with E-state index in [1.165, 1.54) is 19.3 Å². The lowest BCUT2D eigenvalue weighted by Gasteiger charge is -2.52. The maximum Gasteiger partial charge on any atom is 0.0972 e. The van der Waals surface area contributed by atoms with Crippen LogP contribution in [0.15, 0.2) is 0 Å². The molecule has 2 rings (SSSR count). The molecular weight excluding hydrogens is 252 g/mol. The first kappa shape index (κ1) is 16.2. The molecule has 2 fully saturated rings. The van der Waals surface area contributed by atoms with Crippen LogP contribution < -0.4 is 5.73 Å². The van der Waals surface area contributed by atoms with Gasteiger partial charge in [-0.25, -0.2) is 0 Å². The molecule has 0 radical (unpaired) electrons. The fourth-order valence-electron chi connectivity index (χ4n) is 4.81. The molecule has 4 unspecified atom stereocenters. The molecule has 1 saturated heterocycles. The zero-order valence-electron chi connectivity index (χ0n) is 13.8. The van der Waals surface area contributed by atoms with Crippen LogP contribution in [0.2, 0.25) is 0 Å². The molecule has 4 heteroatoms. The summed E-state index contributed by atoms with van der Waals surface area (Å²) in [5, 5.41) is 0. The van der Waals surface area contributed by atoms with Crippen molar-refractivity contribution in [3.05, 3.63) is 0 Å². The van der Waals surface area contributed by atoms with Crippen LogP contribution >= 0.6 is 0 Å². The molecule has 1 saturated carbocycles. The minimum atomic E-state index is 0.116.